The van der Waals surface area contributed by atoms with Crippen LogP contribution in [0.1, 0.15) is 29.2 Å². The Balaban J connectivity index is 1.37. The van der Waals surface area contributed by atoms with E-state index in [1.165, 1.54) is 0 Å². The number of hydrogen-bond donors (Lipinski definition) is 1. The molecule has 0 aliphatic carbocycles. The molecule has 1 N–H and O–H groups in total. The van der Waals surface area contributed by atoms with E-state index < -0.39 is 12.1 Å². The van der Waals surface area contributed by atoms with Crippen molar-refractivity contribution in [3.8, 4) is 17.2 Å². The highest BCUT2D eigenvalue weighted by atomic mass is 16.5. The SMILES string of the molecule is CCO[C@@H](Cc1ccc(OCC=Cc2cc(OCc3ccccc3)cc(OCc3ccccc3)c2)cc1)C(=O)O. The van der Waals surface area contributed by atoms with Gasteiger partial charge in [0.15, 0.2) is 6.10 Å². The second kappa shape index (κ2) is 15.1. The Morgan fingerprint density at radius 2 is 1.30 bits per heavy atom. The molecule has 4 aromatic carbocycles. The summed E-state index contributed by atoms with van der Waals surface area (Å²) in [6.45, 7) is 3.43. The molecule has 40 heavy (non-hydrogen) atoms. The van der Waals surface area contributed by atoms with Gasteiger partial charge in [-0.3, -0.25) is 0 Å². The topological polar surface area (TPSA) is 74.2 Å². The summed E-state index contributed by atoms with van der Waals surface area (Å²) in [6, 6.07) is 33.3. The average molecular weight is 539 g/mol. The van der Waals surface area contributed by atoms with Gasteiger partial charge in [0.2, 0.25) is 0 Å². The van der Waals surface area contributed by atoms with Crippen LogP contribution in [-0.2, 0) is 29.2 Å². The smallest absolute Gasteiger partial charge is 0.333 e. The van der Waals surface area contributed by atoms with E-state index in [0.717, 1.165) is 33.8 Å². The van der Waals surface area contributed by atoms with Crippen LogP contribution in [0.3, 0.4) is 0 Å². The van der Waals surface area contributed by atoms with E-state index in [2.05, 4.69) is 0 Å². The molecule has 0 bridgehead atoms. The van der Waals surface area contributed by atoms with Crippen LogP contribution in [0, 0.1) is 0 Å². The number of aliphatic carboxylic acids is 1. The molecular weight excluding hydrogens is 504 g/mol. The van der Waals surface area contributed by atoms with Crippen molar-refractivity contribution >= 4 is 12.0 Å². The molecule has 0 aromatic heterocycles. The quantitative estimate of drug-likeness (QED) is 0.176. The number of hydrogen-bond acceptors (Lipinski definition) is 5. The highest BCUT2D eigenvalue weighted by Crippen LogP contribution is 2.26. The van der Waals surface area contributed by atoms with Gasteiger partial charge in [-0.2, -0.15) is 0 Å². The minimum Gasteiger partial charge on any atom is -0.490 e. The first-order valence-electron chi connectivity index (χ1n) is 13.3. The van der Waals surface area contributed by atoms with Crippen LogP contribution in [0.4, 0.5) is 0 Å². The molecule has 4 aromatic rings. The van der Waals surface area contributed by atoms with E-state index in [9.17, 15) is 9.90 Å². The van der Waals surface area contributed by atoms with Crippen LogP contribution in [0.2, 0.25) is 0 Å². The summed E-state index contributed by atoms with van der Waals surface area (Å²) in [5.41, 5.74) is 3.99. The molecule has 206 valence electrons. The summed E-state index contributed by atoms with van der Waals surface area (Å²) in [4.78, 5) is 11.3. The van der Waals surface area contributed by atoms with Crippen molar-refractivity contribution in [1.82, 2.24) is 0 Å². The van der Waals surface area contributed by atoms with Gasteiger partial charge < -0.3 is 24.1 Å². The van der Waals surface area contributed by atoms with E-state index in [-0.39, 0.29) is 0 Å². The number of ether oxygens (including phenoxy) is 4. The fourth-order valence-corrected chi connectivity index (χ4v) is 4.02. The number of carbonyl (C=O) groups is 1. The fraction of sp³-hybridized carbons (Fsp3) is 0.206. The van der Waals surface area contributed by atoms with Crippen molar-refractivity contribution in [2.45, 2.75) is 32.7 Å². The van der Waals surface area contributed by atoms with E-state index in [0.29, 0.717) is 38.6 Å². The molecule has 0 heterocycles. The summed E-state index contributed by atoms with van der Waals surface area (Å²) >= 11 is 0. The van der Waals surface area contributed by atoms with Gasteiger partial charge in [-0.15, -0.1) is 0 Å². The van der Waals surface area contributed by atoms with Crippen LogP contribution >= 0.6 is 0 Å². The Hall–Kier alpha value is -4.55. The third-order valence-electron chi connectivity index (χ3n) is 6.04. The van der Waals surface area contributed by atoms with Gasteiger partial charge in [-0.05, 0) is 59.5 Å². The van der Waals surface area contributed by atoms with Crippen molar-refractivity contribution in [3.63, 3.8) is 0 Å². The Labute approximate surface area is 235 Å². The zero-order valence-corrected chi connectivity index (χ0v) is 22.6. The van der Waals surface area contributed by atoms with Crippen LogP contribution < -0.4 is 14.2 Å². The molecule has 0 amide bonds. The first-order chi connectivity index (χ1) is 19.6. The fourth-order valence-electron chi connectivity index (χ4n) is 4.02. The largest absolute Gasteiger partial charge is 0.490 e. The van der Waals surface area contributed by atoms with E-state index in [1.807, 2.05) is 115 Å². The Morgan fingerprint density at radius 3 is 1.82 bits per heavy atom. The molecule has 6 nitrogen and oxygen atoms in total. The third kappa shape index (κ3) is 9.33. The lowest BCUT2D eigenvalue weighted by Crippen LogP contribution is -2.26. The molecule has 4 rings (SSSR count). The van der Waals surface area contributed by atoms with Gasteiger partial charge in [-0.25, -0.2) is 4.79 Å². The molecule has 0 fully saturated rings. The number of benzene rings is 4. The predicted octanol–water partition coefficient (Wildman–Crippen LogP) is 6.97. The zero-order valence-electron chi connectivity index (χ0n) is 22.6. The van der Waals surface area contributed by atoms with Crippen LogP contribution in [0.5, 0.6) is 17.2 Å². The van der Waals surface area contributed by atoms with E-state index in [1.54, 1.807) is 6.92 Å². The summed E-state index contributed by atoms with van der Waals surface area (Å²) < 4.78 is 23.3. The molecular formula is C34H34O6. The molecule has 0 aliphatic heterocycles. The maximum Gasteiger partial charge on any atom is 0.333 e. The van der Waals surface area contributed by atoms with Crippen molar-refractivity contribution in [2.24, 2.45) is 0 Å². The second-order valence-corrected chi connectivity index (χ2v) is 9.13. The standard InChI is InChI=1S/C34H34O6/c1-2-37-33(34(35)36)22-26-15-17-30(18-16-26)38-19-9-14-29-20-31(39-24-27-10-5-3-6-11-27)23-32(21-29)40-25-28-12-7-4-8-13-28/h3-18,20-21,23,33H,2,19,22,24-25H2,1H3,(H,35,36)/t33-/m0/s1. The lowest BCUT2D eigenvalue weighted by Gasteiger charge is -2.12. The van der Waals surface area contributed by atoms with E-state index in [4.69, 9.17) is 18.9 Å². The highest BCUT2D eigenvalue weighted by molar-refractivity contribution is 5.72. The van der Waals surface area contributed by atoms with Gasteiger partial charge in [-0.1, -0.05) is 78.9 Å². The van der Waals surface area contributed by atoms with Gasteiger partial charge in [0.25, 0.3) is 0 Å². The van der Waals surface area contributed by atoms with Crippen LogP contribution in [-0.4, -0.2) is 30.4 Å². The average Bonchev–Trinajstić information content (AvgIpc) is 2.99. The number of rotatable bonds is 15. The van der Waals surface area contributed by atoms with Crippen LogP contribution in [0.15, 0.2) is 109 Å². The number of carboxylic acids is 1. The maximum absolute atomic E-state index is 11.3. The molecule has 0 spiro atoms. The predicted molar refractivity (Wildman–Crippen MR) is 156 cm³/mol. The lowest BCUT2D eigenvalue weighted by atomic mass is 10.1. The first-order valence-corrected chi connectivity index (χ1v) is 13.3. The van der Waals surface area contributed by atoms with Crippen molar-refractivity contribution in [3.05, 3.63) is 131 Å². The van der Waals surface area contributed by atoms with Gasteiger partial charge >= 0.3 is 5.97 Å². The lowest BCUT2D eigenvalue weighted by molar-refractivity contribution is -0.149. The molecule has 0 radical (unpaired) electrons. The second-order valence-electron chi connectivity index (χ2n) is 9.13. The van der Waals surface area contributed by atoms with Crippen molar-refractivity contribution in [1.29, 1.82) is 0 Å². The zero-order chi connectivity index (χ0) is 28.0. The minimum absolute atomic E-state index is 0.306. The molecule has 1 atom stereocenters. The normalized spacial score (nSPS) is 11.7. The van der Waals surface area contributed by atoms with Gasteiger partial charge in [0, 0.05) is 19.1 Å². The summed E-state index contributed by atoms with van der Waals surface area (Å²) in [5.74, 6) is 1.17. The Bertz CT molecular complexity index is 1290. The van der Waals surface area contributed by atoms with Gasteiger partial charge in [0.05, 0.1) is 0 Å². The summed E-state index contributed by atoms with van der Waals surface area (Å²) in [7, 11) is 0. The highest BCUT2D eigenvalue weighted by Gasteiger charge is 2.17. The van der Waals surface area contributed by atoms with Crippen LogP contribution in [0.25, 0.3) is 6.08 Å². The summed E-state index contributed by atoms with van der Waals surface area (Å²) in [6.07, 6.45) is 3.36. The van der Waals surface area contributed by atoms with E-state index >= 15 is 0 Å². The van der Waals surface area contributed by atoms with Crippen molar-refractivity contribution in [2.75, 3.05) is 13.2 Å². The molecule has 0 unspecified atom stereocenters. The van der Waals surface area contributed by atoms with Gasteiger partial charge in [0.1, 0.15) is 37.1 Å². The third-order valence-corrected chi connectivity index (χ3v) is 6.04. The molecule has 6 heteroatoms. The Morgan fingerprint density at radius 1 is 0.725 bits per heavy atom. The number of carboxylic acid groups (broad SMARTS) is 1. The molecule has 0 saturated heterocycles. The minimum atomic E-state index is -0.963. The van der Waals surface area contributed by atoms with Crippen molar-refractivity contribution < 1.29 is 28.8 Å². The molecule has 0 saturated carbocycles. The summed E-state index contributed by atoms with van der Waals surface area (Å²) in [5, 5.41) is 9.28. The maximum atomic E-state index is 11.3. The molecule has 0 aliphatic rings. The monoisotopic (exact) mass is 538 g/mol. The Kier molecular flexibility index (Phi) is 10.8. The first kappa shape index (κ1) is 28.5.